The molecule has 0 bridgehead atoms. The zero-order valence-corrected chi connectivity index (χ0v) is 14.6. The third-order valence-electron chi connectivity index (χ3n) is 4.30. The average molecular weight is 291 g/mol. The van der Waals surface area contributed by atoms with Crippen molar-refractivity contribution in [2.45, 2.75) is 39.0 Å². The highest BCUT2D eigenvalue weighted by molar-refractivity contribution is 6.88. The van der Waals surface area contributed by atoms with E-state index in [0.29, 0.717) is 0 Å². The first kappa shape index (κ1) is 15.7. The lowest BCUT2D eigenvalue weighted by Gasteiger charge is -2.27. The predicted molar refractivity (Wildman–Crippen MR) is 91.3 cm³/mol. The standard InChI is InChI=1S/C17H30N2Si/c1-19(14-16-9-11-18-12-10-16)13-15-5-7-17(8-6-15)20(2,3)4/h5-8,16,18H,9-14H2,1-4H3. The maximum Gasteiger partial charge on any atom is 0.0775 e. The molecular formula is C17H30N2Si. The number of rotatable bonds is 5. The predicted octanol–water partition coefficient (Wildman–Crippen LogP) is 2.66. The summed E-state index contributed by atoms with van der Waals surface area (Å²) in [6, 6.07) is 9.35. The van der Waals surface area contributed by atoms with Crippen molar-refractivity contribution in [1.29, 1.82) is 0 Å². The first-order valence-corrected chi connectivity index (χ1v) is 11.4. The molecule has 2 nitrogen and oxygen atoms in total. The van der Waals surface area contributed by atoms with Gasteiger partial charge in [-0.1, -0.05) is 49.1 Å². The Hall–Kier alpha value is -0.643. The van der Waals surface area contributed by atoms with Crippen LogP contribution in [-0.2, 0) is 6.54 Å². The molecule has 0 radical (unpaired) electrons. The molecule has 112 valence electrons. The summed E-state index contributed by atoms with van der Waals surface area (Å²) in [6.45, 7) is 11.9. The lowest BCUT2D eigenvalue weighted by atomic mass is 9.97. The topological polar surface area (TPSA) is 15.3 Å². The van der Waals surface area contributed by atoms with Gasteiger partial charge in [0.15, 0.2) is 0 Å². The molecule has 1 heterocycles. The highest BCUT2D eigenvalue weighted by atomic mass is 28.3. The van der Waals surface area contributed by atoms with E-state index >= 15 is 0 Å². The van der Waals surface area contributed by atoms with Crippen molar-refractivity contribution in [1.82, 2.24) is 10.2 Å². The van der Waals surface area contributed by atoms with E-state index < -0.39 is 8.07 Å². The second-order valence-electron chi connectivity index (χ2n) is 7.34. The van der Waals surface area contributed by atoms with Crippen LogP contribution in [0.15, 0.2) is 24.3 Å². The van der Waals surface area contributed by atoms with E-state index in [1.165, 1.54) is 38.0 Å². The molecule has 1 fully saturated rings. The molecule has 1 aromatic carbocycles. The minimum atomic E-state index is -1.15. The van der Waals surface area contributed by atoms with Gasteiger partial charge in [-0.05, 0) is 44.5 Å². The van der Waals surface area contributed by atoms with Crippen LogP contribution in [0, 0.1) is 5.92 Å². The van der Waals surface area contributed by atoms with Crippen molar-refractivity contribution in [2.75, 3.05) is 26.7 Å². The number of benzene rings is 1. The Morgan fingerprint density at radius 2 is 1.70 bits per heavy atom. The molecule has 0 spiro atoms. The van der Waals surface area contributed by atoms with Gasteiger partial charge < -0.3 is 10.2 Å². The molecule has 0 atom stereocenters. The molecule has 2 rings (SSSR count). The van der Waals surface area contributed by atoms with Crippen molar-refractivity contribution in [3.63, 3.8) is 0 Å². The van der Waals surface area contributed by atoms with E-state index in [2.05, 4.69) is 61.2 Å². The Labute approximate surface area is 125 Å². The zero-order chi connectivity index (χ0) is 14.6. The zero-order valence-electron chi connectivity index (χ0n) is 13.6. The number of hydrogen-bond acceptors (Lipinski definition) is 2. The molecule has 3 heteroatoms. The van der Waals surface area contributed by atoms with Crippen molar-refractivity contribution in [3.05, 3.63) is 29.8 Å². The number of nitrogens with one attached hydrogen (secondary N) is 1. The van der Waals surface area contributed by atoms with E-state index in [0.717, 1.165) is 12.5 Å². The molecule has 0 unspecified atom stereocenters. The smallest absolute Gasteiger partial charge is 0.0775 e. The van der Waals surface area contributed by atoms with Gasteiger partial charge in [0.25, 0.3) is 0 Å². The Bertz CT molecular complexity index is 402. The molecule has 0 aliphatic carbocycles. The largest absolute Gasteiger partial charge is 0.317 e. The Morgan fingerprint density at radius 3 is 2.25 bits per heavy atom. The molecule has 1 saturated heterocycles. The van der Waals surface area contributed by atoms with Gasteiger partial charge in [-0.2, -0.15) is 0 Å². The summed E-state index contributed by atoms with van der Waals surface area (Å²) < 4.78 is 0. The first-order valence-electron chi connectivity index (χ1n) is 7.94. The normalized spacial score (nSPS) is 17.6. The second-order valence-corrected chi connectivity index (χ2v) is 12.4. The van der Waals surface area contributed by atoms with Crippen LogP contribution in [0.3, 0.4) is 0 Å². The molecule has 1 N–H and O–H groups in total. The maximum absolute atomic E-state index is 3.44. The SMILES string of the molecule is CN(Cc1ccc([Si](C)(C)C)cc1)CC1CCNCC1. The number of nitrogens with zero attached hydrogens (tertiary/aromatic N) is 1. The summed E-state index contributed by atoms with van der Waals surface area (Å²) in [5.74, 6) is 0.877. The molecule has 1 aliphatic rings. The van der Waals surface area contributed by atoms with Crippen molar-refractivity contribution in [3.8, 4) is 0 Å². The van der Waals surface area contributed by atoms with E-state index in [1.807, 2.05) is 0 Å². The monoisotopic (exact) mass is 290 g/mol. The third kappa shape index (κ3) is 4.72. The fourth-order valence-corrected chi connectivity index (χ4v) is 4.16. The molecule has 20 heavy (non-hydrogen) atoms. The summed E-state index contributed by atoms with van der Waals surface area (Å²) in [7, 11) is 1.11. The highest BCUT2D eigenvalue weighted by Gasteiger charge is 2.17. The minimum absolute atomic E-state index is 0.877. The van der Waals surface area contributed by atoms with Crippen LogP contribution in [0.25, 0.3) is 0 Å². The van der Waals surface area contributed by atoms with Crippen LogP contribution < -0.4 is 10.5 Å². The Morgan fingerprint density at radius 1 is 1.10 bits per heavy atom. The quantitative estimate of drug-likeness (QED) is 0.839. The van der Waals surface area contributed by atoms with Crippen molar-refractivity contribution < 1.29 is 0 Å². The van der Waals surface area contributed by atoms with Crippen LogP contribution >= 0.6 is 0 Å². The summed E-state index contributed by atoms with van der Waals surface area (Å²) in [5, 5.41) is 5.00. The van der Waals surface area contributed by atoms with Gasteiger partial charge in [-0.25, -0.2) is 0 Å². The first-order chi connectivity index (χ1) is 9.45. The molecule has 1 aliphatic heterocycles. The van der Waals surface area contributed by atoms with Gasteiger partial charge in [0.1, 0.15) is 0 Å². The summed E-state index contributed by atoms with van der Waals surface area (Å²) >= 11 is 0. The average Bonchev–Trinajstić information content (AvgIpc) is 2.39. The number of hydrogen-bond donors (Lipinski definition) is 1. The van der Waals surface area contributed by atoms with Gasteiger partial charge in [-0.3, -0.25) is 0 Å². The summed E-state index contributed by atoms with van der Waals surface area (Å²) in [5.41, 5.74) is 1.45. The van der Waals surface area contributed by atoms with E-state index in [1.54, 1.807) is 5.19 Å². The molecule has 0 amide bonds. The molecule has 1 aromatic rings. The van der Waals surface area contributed by atoms with Gasteiger partial charge in [0.05, 0.1) is 8.07 Å². The van der Waals surface area contributed by atoms with Crippen LogP contribution in [0.1, 0.15) is 18.4 Å². The molecule has 0 aromatic heterocycles. The van der Waals surface area contributed by atoms with Gasteiger partial charge >= 0.3 is 0 Å². The van der Waals surface area contributed by atoms with E-state index in [9.17, 15) is 0 Å². The summed E-state index contributed by atoms with van der Waals surface area (Å²) in [6.07, 6.45) is 2.66. The third-order valence-corrected chi connectivity index (χ3v) is 6.37. The molecular weight excluding hydrogens is 260 g/mol. The van der Waals surface area contributed by atoms with E-state index in [-0.39, 0.29) is 0 Å². The Balaban J connectivity index is 1.86. The fourth-order valence-electron chi connectivity index (χ4n) is 2.99. The summed E-state index contributed by atoms with van der Waals surface area (Å²) in [4.78, 5) is 2.49. The van der Waals surface area contributed by atoms with Gasteiger partial charge in [0.2, 0.25) is 0 Å². The lowest BCUT2D eigenvalue weighted by Crippen LogP contribution is -2.37. The maximum atomic E-state index is 3.44. The van der Waals surface area contributed by atoms with Crippen LogP contribution in [0.2, 0.25) is 19.6 Å². The number of piperidine rings is 1. The van der Waals surface area contributed by atoms with Crippen LogP contribution in [0.4, 0.5) is 0 Å². The van der Waals surface area contributed by atoms with Gasteiger partial charge in [0, 0.05) is 13.1 Å². The second kappa shape index (κ2) is 6.88. The van der Waals surface area contributed by atoms with E-state index in [4.69, 9.17) is 0 Å². The van der Waals surface area contributed by atoms with Crippen molar-refractivity contribution in [2.24, 2.45) is 5.92 Å². The lowest BCUT2D eigenvalue weighted by molar-refractivity contribution is 0.234. The highest BCUT2D eigenvalue weighted by Crippen LogP contribution is 2.14. The van der Waals surface area contributed by atoms with Crippen LogP contribution in [0.5, 0.6) is 0 Å². The fraction of sp³-hybridized carbons (Fsp3) is 0.647. The van der Waals surface area contributed by atoms with Crippen LogP contribution in [-0.4, -0.2) is 39.7 Å². The Kier molecular flexibility index (Phi) is 5.41. The van der Waals surface area contributed by atoms with Gasteiger partial charge in [-0.15, -0.1) is 0 Å². The van der Waals surface area contributed by atoms with Crippen molar-refractivity contribution >= 4 is 13.3 Å². The minimum Gasteiger partial charge on any atom is -0.317 e. The molecule has 0 saturated carbocycles.